The summed E-state index contributed by atoms with van der Waals surface area (Å²) >= 11 is 0. The van der Waals surface area contributed by atoms with Crippen LogP contribution >= 0.6 is 0 Å². The second-order valence-electron chi connectivity index (χ2n) is 4.55. The molecular formula is C12H12N2O4. The molecule has 2 aromatic rings. The van der Waals surface area contributed by atoms with Gasteiger partial charge in [-0.05, 0) is 17.7 Å². The third-order valence-electron chi connectivity index (χ3n) is 3.51. The molecule has 2 heterocycles. The molecule has 0 saturated carbocycles. The van der Waals surface area contributed by atoms with Crippen LogP contribution in [0.5, 0.6) is 0 Å². The van der Waals surface area contributed by atoms with Gasteiger partial charge in [-0.25, -0.2) is 4.79 Å². The molecule has 18 heavy (non-hydrogen) atoms. The molecule has 2 N–H and O–H groups in total. The van der Waals surface area contributed by atoms with Crippen LogP contribution in [0.2, 0.25) is 0 Å². The number of hydrogen-bond donors (Lipinski definition) is 1. The predicted molar refractivity (Wildman–Crippen MR) is 63.1 cm³/mol. The number of nitrogens with two attached hydrogens (primary N) is 1. The molecule has 3 rings (SSSR count). The number of aromatic nitrogens is 1. The molecule has 0 spiro atoms. The number of amides is 1. The van der Waals surface area contributed by atoms with E-state index in [2.05, 4.69) is 0 Å². The zero-order valence-corrected chi connectivity index (χ0v) is 9.80. The Morgan fingerprint density at radius 3 is 2.72 bits per heavy atom. The molecule has 1 aromatic heterocycles. The van der Waals surface area contributed by atoms with E-state index in [9.17, 15) is 9.59 Å². The highest BCUT2D eigenvalue weighted by Gasteiger charge is 2.46. The predicted octanol–water partition coefficient (Wildman–Crippen LogP) is -0.115. The van der Waals surface area contributed by atoms with Gasteiger partial charge in [0.1, 0.15) is 5.41 Å². The van der Waals surface area contributed by atoms with E-state index in [4.69, 9.17) is 14.9 Å². The molecule has 0 aliphatic carbocycles. The summed E-state index contributed by atoms with van der Waals surface area (Å²) in [4.78, 5) is 23.0. The molecule has 0 unspecified atom stereocenters. The summed E-state index contributed by atoms with van der Waals surface area (Å²) in [7, 11) is 1.62. The number of carbonyl (C=O) groups is 1. The van der Waals surface area contributed by atoms with E-state index < -0.39 is 17.1 Å². The van der Waals surface area contributed by atoms with Crippen molar-refractivity contribution >= 4 is 17.0 Å². The first-order valence-corrected chi connectivity index (χ1v) is 5.52. The first-order valence-electron chi connectivity index (χ1n) is 5.52. The fourth-order valence-corrected chi connectivity index (χ4v) is 2.18. The number of carbonyl (C=O) groups excluding carboxylic acids is 1. The summed E-state index contributed by atoms with van der Waals surface area (Å²) < 4.78 is 11.5. The van der Waals surface area contributed by atoms with E-state index in [1.807, 2.05) is 0 Å². The second-order valence-corrected chi connectivity index (χ2v) is 4.55. The van der Waals surface area contributed by atoms with Crippen molar-refractivity contribution in [2.45, 2.75) is 5.41 Å². The molecule has 0 radical (unpaired) electrons. The number of fused-ring (bicyclic) bond motifs is 1. The van der Waals surface area contributed by atoms with Gasteiger partial charge < -0.3 is 14.9 Å². The summed E-state index contributed by atoms with van der Waals surface area (Å²) in [5.41, 5.74) is 6.55. The molecule has 1 aromatic carbocycles. The number of nitrogens with zero attached hydrogens (tertiary/aromatic N) is 1. The average Bonchev–Trinajstić information content (AvgIpc) is 2.53. The quantitative estimate of drug-likeness (QED) is 0.802. The molecule has 1 aliphatic heterocycles. The van der Waals surface area contributed by atoms with Crippen LogP contribution in [0, 0.1) is 0 Å². The SMILES string of the molecule is Cn1c(=O)oc2ccc(C3(C(N)=O)COC3)cc21. The van der Waals surface area contributed by atoms with Crippen LogP contribution in [0.25, 0.3) is 11.1 Å². The standard InChI is InChI=1S/C12H12N2O4/c1-14-8-4-7(2-3-9(8)18-11(14)16)12(10(13)15)5-17-6-12/h2-4H,5-6H2,1H3,(H2,13,15). The minimum absolute atomic E-state index is 0.277. The van der Waals surface area contributed by atoms with Crippen LogP contribution in [-0.2, 0) is 22.0 Å². The minimum atomic E-state index is -0.776. The molecule has 6 nitrogen and oxygen atoms in total. The maximum absolute atomic E-state index is 11.6. The van der Waals surface area contributed by atoms with Crippen molar-refractivity contribution in [2.75, 3.05) is 13.2 Å². The monoisotopic (exact) mass is 248 g/mol. The van der Waals surface area contributed by atoms with Crippen molar-refractivity contribution in [1.82, 2.24) is 4.57 Å². The Hall–Kier alpha value is -2.08. The fourth-order valence-electron chi connectivity index (χ4n) is 2.18. The van der Waals surface area contributed by atoms with Crippen LogP contribution in [-0.4, -0.2) is 23.7 Å². The summed E-state index contributed by atoms with van der Waals surface area (Å²) in [5, 5.41) is 0. The Kier molecular flexibility index (Phi) is 2.12. The van der Waals surface area contributed by atoms with E-state index in [0.717, 1.165) is 5.56 Å². The Morgan fingerprint density at radius 1 is 1.44 bits per heavy atom. The van der Waals surface area contributed by atoms with E-state index in [1.54, 1.807) is 25.2 Å². The van der Waals surface area contributed by atoms with Gasteiger partial charge in [-0.15, -0.1) is 0 Å². The molecule has 1 saturated heterocycles. The lowest BCUT2D eigenvalue weighted by Gasteiger charge is -2.38. The van der Waals surface area contributed by atoms with Gasteiger partial charge in [-0.2, -0.15) is 0 Å². The number of benzene rings is 1. The maximum atomic E-state index is 11.6. The molecule has 1 aliphatic rings. The van der Waals surface area contributed by atoms with Gasteiger partial charge in [0, 0.05) is 7.05 Å². The maximum Gasteiger partial charge on any atom is 0.419 e. The minimum Gasteiger partial charge on any atom is -0.408 e. The summed E-state index contributed by atoms with van der Waals surface area (Å²) in [6.45, 7) is 0.555. The van der Waals surface area contributed by atoms with Gasteiger partial charge in [-0.1, -0.05) is 6.07 Å². The highest BCUT2D eigenvalue weighted by molar-refractivity contribution is 5.89. The second kappa shape index (κ2) is 3.46. The van der Waals surface area contributed by atoms with E-state index in [0.29, 0.717) is 11.1 Å². The average molecular weight is 248 g/mol. The molecule has 1 amide bonds. The number of primary amides is 1. The Bertz CT molecular complexity index is 694. The van der Waals surface area contributed by atoms with Crippen LogP contribution in [0.4, 0.5) is 0 Å². The zero-order valence-electron chi connectivity index (χ0n) is 9.80. The molecule has 6 heteroatoms. The van der Waals surface area contributed by atoms with Gasteiger partial charge >= 0.3 is 5.76 Å². The van der Waals surface area contributed by atoms with E-state index in [-0.39, 0.29) is 13.2 Å². The van der Waals surface area contributed by atoms with E-state index >= 15 is 0 Å². The number of rotatable bonds is 2. The van der Waals surface area contributed by atoms with Gasteiger partial charge in [0.25, 0.3) is 0 Å². The van der Waals surface area contributed by atoms with Gasteiger partial charge in [0.2, 0.25) is 5.91 Å². The lowest BCUT2D eigenvalue weighted by atomic mass is 9.78. The Balaban J connectivity index is 2.22. The Morgan fingerprint density at radius 2 is 2.17 bits per heavy atom. The molecular weight excluding hydrogens is 236 g/mol. The number of hydrogen-bond acceptors (Lipinski definition) is 4. The molecule has 1 fully saturated rings. The summed E-state index contributed by atoms with van der Waals surface area (Å²) in [5.74, 6) is -0.846. The number of aryl methyl sites for hydroxylation is 1. The highest BCUT2D eigenvalue weighted by atomic mass is 16.5. The number of ether oxygens (including phenoxy) is 1. The van der Waals surface area contributed by atoms with Gasteiger partial charge in [0.05, 0.1) is 18.7 Å². The third-order valence-corrected chi connectivity index (χ3v) is 3.51. The first kappa shape index (κ1) is 11.0. The van der Waals surface area contributed by atoms with Crippen molar-refractivity contribution in [2.24, 2.45) is 12.8 Å². The fraction of sp³-hybridized carbons (Fsp3) is 0.333. The number of oxazole rings is 1. The lowest BCUT2D eigenvalue weighted by molar-refractivity contribution is -0.141. The van der Waals surface area contributed by atoms with Crippen molar-refractivity contribution in [1.29, 1.82) is 0 Å². The van der Waals surface area contributed by atoms with Crippen LogP contribution < -0.4 is 11.5 Å². The van der Waals surface area contributed by atoms with Gasteiger partial charge in [0.15, 0.2) is 5.58 Å². The van der Waals surface area contributed by atoms with Crippen LogP contribution in [0.15, 0.2) is 27.4 Å². The van der Waals surface area contributed by atoms with E-state index in [1.165, 1.54) is 4.57 Å². The smallest absolute Gasteiger partial charge is 0.408 e. The largest absolute Gasteiger partial charge is 0.419 e. The summed E-state index contributed by atoms with van der Waals surface area (Å²) in [6.07, 6.45) is 0. The normalized spacial score (nSPS) is 17.6. The van der Waals surface area contributed by atoms with Crippen molar-refractivity contribution in [3.8, 4) is 0 Å². The van der Waals surface area contributed by atoms with Crippen molar-refractivity contribution in [3.63, 3.8) is 0 Å². The topological polar surface area (TPSA) is 87.5 Å². The highest BCUT2D eigenvalue weighted by Crippen LogP contribution is 2.33. The molecule has 0 atom stereocenters. The molecule has 94 valence electrons. The lowest BCUT2D eigenvalue weighted by Crippen LogP contribution is -2.56. The van der Waals surface area contributed by atoms with Crippen molar-refractivity contribution < 1.29 is 13.9 Å². The van der Waals surface area contributed by atoms with Crippen LogP contribution in [0.1, 0.15) is 5.56 Å². The first-order chi connectivity index (χ1) is 8.54. The zero-order chi connectivity index (χ0) is 12.9. The van der Waals surface area contributed by atoms with Gasteiger partial charge in [-0.3, -0.25) is 9.36 Å². The third kappa shape index (κ3) is 1.26. The van der Waals surface area contributed by atoms with Crippen molar-refractivity contribution in [3.05, 3.63) is 34.3 Å². The molecule has 0 bridgehead atoms. The Labute approximate surface area is 102 Å². The summed E-state index contributed by atoms with van der Waals surface area (Å²) in [6, 6.07) is 5.18. The van der Waals surface area contributed by atoms with Crippen LogP contribution in [0.3, 0.4) is 0 Å².